The number of piperazine rings is 1. The number of nitrogens with zero attached hydrogens (tertiary/aromatic N) is 2. The van der Waals surface area contributed by atoms with Crippen LogP contribution < -0.4 is 10.6 Å². The summed E-state index contributed by atoms with van der Waals surface area (Å²) < 4.78 is 0. The highest BCUT2D eigenvalue weighted by Crippen LogP contribution is 2.20. The summed E-state index contributed by atoms with van der Waals surface area (Å²) in [7, 11) is 0. The molecule has 100 valence electrons. The molecule has 3 nitrogen and oxygen atoms in total. The summed E-state index contributed by atoms with van der Waals surface area (Å²) in [4.78, 5) is 5.05. The van der Waals surface area contributed by atoms with Crippen molar-refractivity contribution in [2.45, 2.75) is 26.3 Å². The van der Waals surface area contributed by atoms with Crippen molar-refractivity contribution in [1.82, 2.24) is 4.90 Å². The summed E-state index contributed by atoms with van der Waals surface area (Å²) in [5.41, 5.74) is 8.29. The summed E-state index contributed by atoms with van der Waals surface area (Å²) in [6, 6.07) is 9.42. The van der Waals surface area contributed by atoms with E-state index in [-0.39, 0.29) is 0 Å². The van der Waals surface area contributed by atoms with E-state index in [1.807, 2.05) is 0 Å². The Morgan fingerprint density at radius 3 is 2.83 bits per heavy atom. The van der Waals surface area contributed by atoms with Crippen LogP contribution in [0.25, 0.3) is 0 Å². The molecule has 1 aliphatic heterocycles. The van der Waals surface area contributed by atoms with E-state index < -0.39 is 0 Å². The van der Waals surface area contributed by atoms with Crippen LogP contribution >= 0.6 is 0 Å². The molecule has 1 heterocycles. The van der Waals surface area contributed by atoms with E-state index >= 15 is 0 Å². The van der Waals surface area contributed by atoms with Gasteiger partial charge in [-0.15, -0.1) is 0 Å². The van der Waals surface area contributed by atoms with Crippen molar-refractivity contribution in [2.75, 3.05) is 37.6 Å². The van der Waals surface area contributed by atoms with Gasteiger partial charge in [0.2, 0.25) is 0 Å². The maximum atomic E-state index is 5.59. The fourth-order valence-corrected chi connectivity index (χ4v) is 2.68. The lowest BCUT2D eigenvalue weighted by molar-refractivity contribution is 0.188. The minimum absolute atomic E-state index is 0.616. The minimum atomic E-state index is 0.616. The molecule has 1 fully saturated rings. The number of rotatable bonds is 4. The molecule has 2 N–H and O–H groups in total. The van der Waals surface area contributed by atoms with Crippen LogP contribution in [-0.2, 0) is 0 Å². The molecule has 0 radical (unpaired) electrons. The molecule has 1 aromatic rings. The summed E-state index contributed by atoms with van der Waals surface area (Å²) in [6.45, 7) is 9.80. The molecule has 0 amide bonds. The first kappa shape index (κ1) is 13.4. The van der Waals surface area contributed by atoms with Crippen LogP contribution in [0.5, 0.6) is 0 Å². The Morgan fingerprint density at radius 1 is 1.33 bits per heavy atom. The second-order valence-corrected chi connectivity index (χ2v) is 5.31. The average Bonchev–Trinajstić information content (AvgIpc) is 2.37. The van der Waals surface area contributed by atoms with Crippen LogP contribution in [0.1, 0.15) is 18.9 Å². The van der Waals surface area contributed by atoms with Crippen LogP contribution in [0.3, 0.4) is 0 Å². The highest BCUT2D eigenvalue weighted by molar-refractivity contribution is 5.49. The average molecular weight is 247 g/mol. The predicted octanol–water partition coefficient (Wildman–Crippen LogP) is 1.85. The van der Waals surface area contributed by atoms with Crippen LogP contribution in [-0.4, -0.2) is 43.7 Å². The van der Waals surface area contributed by atoms with Crippen molar-refractivity contribution in [3.05, 3.63) is 29.8 Å². The molecular formula is C15H25N3. The number of anilines is 1. The number of hydrogen-bond donors (Lipinski definition) is 1. The van der Waals surface area contributed by atoms with Crippen LogP contribution in [0.15, 0.2) is 24.3 Å². The van der Waals surface area contributed by atoms with Gasteiger partial charge in [-0.05, 0) is 51.1 Å². The van der Waals surface area contributed by atoms with E-state index in [0.29, 0.717) is 6.04 Å². The topological polar surface area (TPSA) is 32.5 Å². The second-order valence-electron chi connectivity index (χ2n) is 5.31. The van der Waals surface area contributed by atoms with Crippen molar-refractivity contribution >= 4 is 5.69 Å². The highest BCUT2D eigenvalue weighted by Gasteiger charge is 2.23. The van der Waals surface area contributed by atoms with E-state index in [2.05, 4.69) is 47.9 Å². The molecule has 0 spiro atoms. The Bertz CT molecular complexity index is 378. The minimum Gasteiger partial charge on any atom is -0.369 e. The fourth-order valence-electron chi connectivity index (χ4n) is 2.68. The number of hydrogen-bond acceptors (Lipinski definition) is 3. The van der Waals surface area contributed by atoms with Crippen molar-refractivity contribution in [3.8, 4) is 0 Å². The van der Waals surface area contributed by atoms with Gasteiger partial charge in [-0.2, -0.15) is 0 Å². The van der Waals surface area contributed by atoms with Gasteiger partial charge >= 0.3 is 0 Å². The molecule has 0 aromatic heterocycles. The van der Waals surface area contributed by atoms with Crippen molar-refractivity contribution < 1.29 is 0 Å². The van der Waals surface area contributed by atoms with Crippen LogP contribution in [0.2, 0.25) is 0 Å². The van der Waals surface area contributed by atoms with E-state index in [1.54, 1.807) is 0 Å². The predicted molar refractivity (Wildman–Crippen MR) is 78.1 cm³/mol. The van der Waals surface area contributed by atoms with Crippen molar-refractivity contribution in [2.24, 2.45) is 5.73 Å². The van der Waals surface area contributed by atoms with Gasteiger partial charge in [-0.3, -0.25) is 4.90 Å². The Hall–Kier alpha value is -1.06. The van der Waals surface area contributed by atoms with E-state index in [9.17, 15) is 0 Å². The van der Waals surface area contributed by atoms with E-state index in [0.717, 1.165) is 39.1 Å². The molecule has 0 unspecified atom stereocenters. The molecule has 1 aromatic carbocycles. The van der Waals surface area contributed by atoms with Crippen molar-refractivity contribution in [3.63, 3.8) is 0 Å². The molecule has 0 saturated carbocycles. The first-order valence-corrected chi connectivity index (χ1v) is 6.96. The number of aryl methyl sites for hydroxylation is 1. The molecule has 0 bridgehead atoms. The smallest absolute Gasteiger partial charge is 0.0369 e. The lowest BCUT2D eigenvalue weighted by Crippen LogP contribution is -2.52. The largest absolute Gasteiger partial charge is 0.369 e. The molecular weight excluding hydrogens is 222 g/mol. The van der Waals surface area contributed by atoms with Crippen LogP contribution in [0, 0.1) is 6.92 Å². The monoisotopic (exact) mass is 247 g/mol. The number of nitrogens with two attached hydrogens (primary N) is 1. The lowest BCUT2D eigenvalue weighted by Gasteiger charge is -2.41. The van der Waals surface area contributed by atoms with Gasteiger partial charge in [-0.25, -0.2) is 0 Å². The third-order valence-electron chi connectivity index (χ3n) is 3.78. The van der Waals surface area contributed by atoms with Crippen LogP contribution in [0.4, 0.5) is 5.69 Å². The zero-order valence-corrected chi connectivity index (χ0v) is 11.6. The summed E-state index contributed by atoms with van der Waals surface area (Å²) in [6.07, 6.45) is 1.11. The Labute approximate surface area is 111 Å². The standard InChI is InChI=1S/C15H25N3/c1-13-5-3-6-15(11-13)18-10-9-17(8-4-7-16)14(2)12-18/h3,5-6,11,14H,4,7-10,12,16H2,1-2H3/t14-/m0/s1. The Kier molecular flexibility index (Phi) is 4.61. The Morgan fingerprint density at radius 2 is 2.17 bits per heavy atom. The Balaban J connectivity index is 1.95. The maximum Gasteiger partial charge on any atom is 0.0369 e. The number of benzene rings is 1. The van der Waals surface area contributed by atoms with Gasteiger partial charge in [-0.1, -0.05) is 12.1 Å². The third-order valence-corrected chi connectivity index (χ3v) is 3.78. The van der Waals surface area contributed by atoms with E-state index in [1.165, 1.54) is 11.3 Å². The fraction of sp³-hybridized carbons (Fsp3) is 0.600. The third kappa shape index (κ3) is 3.24. The van der Waals surface area contributed by atoms with Gasteiger partial charge in [0.15, 0.2) is 0 Å². The normalized spacial score (nSPS) is 21.3. The molecule has 2 rings (SSSR count). The lowest BCUT2D eigenvalue weighted by atomic mass is 10.1. The summed E-state index contributed by atoms with van der Waals surface area (Å²) in [5.74, 6) is 0. The zero-order valence-electron chi connectivity index (χ0n) is 11.6. The second kappa shape index (κ2) is 6.21. The first-order chi connectivity index (χ1) is 8.70. The van der Waals surface area contributed by atoms with Gasteiger partial charge in [0.05, 0.1) is 0 Å². The molecule has 1 aliphatic rings. The molecule has 0 aliphatic carbocycles. The quantitative estimate of drug-likeness (QED) is 0.881. The zero-order chi connectivity index (χ0) is 13.0. The van der Waals surface area contributed by atoms with Gasteiger partial charge < -0.3 is 10.6 Å². The van der Waals surface area contributed by atoms with Gasteiger partial charge in [0.1, 0.15) is 0 Å². The SMILES string of the molecule is Cc1cccc(N2CCN(CCCN)[C@@H](C)C2)c1. The van der Waals surface area contributed by atoms with Gasteiger partial charge in [0.25, 0.3) is 0 Å². The first-order valence-electron chi connectivity index (χ1n) is 6.96. The molecule has 1 saturated heterocycles. The summed E-state index contributed by atoms with van der Waals surface area (Å²) in [5, 5.41) is 0. The van der Waals surface area contributed by atoms with Gasteiger partial charge in [0, 0.05) is 31.4 Å². The molecule has 1 atom stereocenters. The van der Waals surface area contributed by atoms with E-state index in [4.69, 9.17) is 5.73 Å². The molecule has 18 heavy (non-hydrogen) atoms. The maximum absolute atomic E-state index is 5.59. The highest BCUT2D eigenvalue weighted by atomic mass is 15.3. The molecule has 3 heteroatoms. The van der Waals surface area contributed by atoms with Crippen molar-refractivity contribution in [1.29, 1.82) is 0 Å². The summed E-state index contributed by atoms with van der Waals surface area (Å²) >= 11 is 0.